The second-order valence-electron chi connectivity index (χ2n) is 7.90. The first-order valence-corrected chi connectivity index (χ1v) is 9.94. The normalized spacial score (nSPS) is 25.6. The highest BCUT2D eigenvalue weighted by Crippen LogP contribution is 2.39. The van der Waals surface area contributed by atoms with Gasteiger partial charge in [-0.25, -0.2) is 4.98 Å². The van der Waals surface area contributed by atoms with Gasteiger partial charge in [0.2, 0.25) is 11.9 Å². The minimum absolute atomic E-state index is 0.108. The molecule has 1 aromatic rings. The Morgan fingerprint density at radius 3 is 2.62 bits per heavy atom. The number of aromatic nitrogens is 2. The van der Waals surface area contributed by atoms with Gasteiger partial charge in [0.05, 0.1) is 11.5 Å². The number of nitrogens with zero attached hydrogens (tertiary/aromatic N) is 4. The van der Waals surface area contributed by atoms with E-state index in [0.717, 1.165) is 62.9 Å². The van der Waals surface area contributed by atoms with Crippen molar-refractivity contribution in [3.63, 3.8) is 0 Å². The predicted molar refractivity (Wildman–Crippen MR) is 100 cm³/mol. The van der Waals surface area contributed by atoms with Gasteiger partial charge in [-0.3, -0.25) is 4.79 Å². The van der Waals surface area contributed by atoms with Crippen molar-refractivity contribution >= 4 is 17.7 Å². The molecule has 26 heavy (non-hydrogen) atoms. The zero-order valence-electron chi connectivity index (χ0n) is 15.6. The molecule has 1 unspecified atom stereocenters. The fourth-order valence-corrected chi connectivity index (χ4v) is 4.48. The van der Waals surface area contributed by atoms with Gasteiger partial charge in [-0.1, -0.05) is 6.92 Å². The second-order valence-corrected chi connectivity index (χ2v) is 7.90. The molecule has 1 aromatic heterocycles. The summed E-state index contributed by atoms with van der Waals surface area (Å²) in [5.41, 5.74) is 0.662. The molecule has 3 saturated heterocycles. The Morgan fingerprint density at radius 2 is 1.92 bits per heavy atom. The molecule has 3 fully saturated rings. The molecule has 0 bridgehead atoms. The van der Waals surface area contributed by atoms with E-state index >= 15 is 0 Å². The number of hydrogen-bond donors (Lipinski definition) is 2. The lowest BCUT2D eigenvalue weighted by atomic mass is 9.71. The number of amides is 1. The maximum atomic E-state index is 12.4. The maximum Gasteiger partial charge on any atom is 0.227 e. The number of anilines is 2. The van der Waals surface area contributed by atoms with Crippen molar-refractivity contribution in [2.75, 3.05) is 42.5 Å². The molecular formula is C19H29N5O2. The molecule has 1 atom stereocenters. The quantitative estimate of drug-likeness (QED) is 0.841. The number of carbonyl (C=O) groups is 1. The van der Waals surface area contributed by atoms with Crippen LogP contribution >= 0.6 is 0 Å². The van der Waals surface area contributed by atoms with E-state index in [4.69, 9.17) is 9.97 Å². The Balaban J connectivity index is 1.52. The van der Waals surface area contributed by atoms with Crippen LogP contribution in [-0.2, 0) is 11.2 Å². The number of nitrogens with one attached hydrogen (secondary N) is 1. The molecule has 0 aromatic carbocycles. The molecule has 3 aliphatic rings. The monoisotopic (exact) mass is 359 g/mol. The van der Waals surface area contributed by atoms with E-state index in [-0.39, 0.29) is 5.91 Å². The summed E-state index contributed by atoms with van der Waals surface area (Å²) in [7, 11) is 0. The summed E-state index contributed by atoms with van der Waals surface area (Å²) < 4.78 is 0. The van der Waals surface area contributed by atoms with E-state index in [1.165, 1.54) is 12.8 Å². The van der Waals surface area contributed by atoms with Gasteiger partial charge >= 0.3 is 0 Å². The molecular weight excluding hydrogens is 330 g/mol. The smallest absolute Gasteiger partial charge is 0.227 e. The Labute approximate surface area is 154 Å². The SMILES string of the molecule is CCc1cc(N2CCC3(CC2)CC(O)CNC3=O)nc(N2CCCC2)n1. The summed E-state index contributed by atoms with van der Waals surface area (Å²) in [6.07, 6.45) is 4.99. The summed E-state index contributed by atoms with van der Waals surface area (Å²) in [5, 5.41) is 12.9. The number of piperidine rings is 2. The van der Waals surface area contributed by atoms with Gasteiger partial charge in [0.15, 0.2) is 0 Å². The number of aryl methyl sites for hydroxylation is 1. The van der Waals surface area contributed by atoms with Crippen LogP contribution in [0.15, 0.2) is 6.07 Å². The summed E-state index contributed by atoms with van der Waals surface area (Å²) in [6.45, 7) is 6.16. The predicted octanol–water partition coefficient (Wildman–Crippen LogP) is 1.11. The number of rotatable bonds is 3. The van der Waals surface area contributed by atoms with E-state index in [1.54, 1.807) is 0 Å². The Hall–Kier alpha value is -1.89. The number of β-amino-alcohol motifs (C(OH)–C–C–N with tert-alkyl or cyclic N) is 1. The van der Waals surface area contributed by atoms with Crippen molar-refractivity contribution in [3.05, 3.63) is 11.8 Å². The molecule has 7 heteroatoms. The van der Waals surface area contributed by atoms with E-state index in [2.05, 4.69) is 28.1 Å². The van der Waals surface area contributed by atoms with Gasteiger partial charge in [-0.15, -0.1) is 0 Å². The maximum absolute atomic E-state index is 12.4. The highest BCUT2D eigenvalue weighted by atomic mass is 16.3. The molecule has 4 rings (SSSR count). The van der Waals surface area contributed by atoms with Crippen LogP contribution in [0.3, 0.4) is 0 Å². The molecule has 0 radical (unpaired) electrons. The zero-order chi connectivity index (χ0) is 18.1. The Morgan fingerprint density at radius 1 is 1.19 bits per heavy atom. The molecule has 2 N–H and O–H groups in total. The number of hydrogen-bond acceptors (Lipinski definition) is 6. The van der Waals surface area contributed by atoms with Crippen LogP contribution < -0.4 is 15.1 Å². The summed E-state index contributed by atoms with van der Waals surface area (Å²) in [4.78, 5) is 26.5. The van der Waals surface area contributed by atoms with Crippen LogP contribution in [-0.4, -0.2) is 59.8 Å². The lowest BCUT2D eigenvalue weighted by Gasteiger charge is -2.44. The van der Waals surface area contributed by atoms with Crippen LogP contribution in [0.1, 0.15) is 44.7 Å². The number of aliphatic hydroxyl groups excluding tert-OH is 1. The van der Waals surface area contributed by atoms with Crippen molar-refractivity contribution in [2.45, 2.75) is 51.6 Å². The van der Waals surface area contributed by atoms with Crippen molar-refractivity contribution in [1.82, 2.24) is 15.3 Å². The molecule has 4 heterocycles. The van der Waals surface area contributed by atoms with Crippen LogP contribution in [0.5, 0.6) is 0 Å². The standard InChI is InChI=1S/C19H29N5O2/c1-2-14-11-16(22-18(21-14)24-7-3-4-8-24)23-9-5-19(6-10-23)12-15(25)13-20-17(19)26/h11,15,25H,2-10,12-13H2,1H3,(H,20,26). The molecule has 1 amide bonds. The molecule has 1 spiro atoms. The fourth-order valence-electron chi connectivity index (χ4n) is 4.48. The topological polar surface area (TPSA) is 81.6 Å². The van der Waals surface area contributed by atoms with Gasteiger partial charge < -0.3 is 20.2 Å². The molecule has 0 saturated carbocycles. The Bertz CT molecular complexity index is 666. The Kier molecular flexibility index (Phi) is 4.73. The summed E-state index contributed by atoms with van der Waals surface area (Å²) in [6, 6.07) is 2.09. The largest absolute Gasteiger partial charge is 0.391 e. The van der Waals surface area contributed by atoms with Gasteiger partial charge in [0.25, 0.3) is 0 Å². The molecule has 3 aliphatic heterocycles. The lowest BCUT2D eigenvalue weighted by molar-refractivity contribution is -0.138. The van der Waals surface area contributed by atoms with Gasteiger partial charge in [0.1, 0.15) is 5.82 Å². The average Bonchev–Trinajstić information content (AvgIpc) is 3.20. The zero-order valence-corrected chi connectivity index (χ0v) is 15.6. The number of aliphatic hydroxyl groups is 1. The summed E-state index contributed by atoms with van der Waals surface area (Å²) >= 11 is 0. The second kappa shape index (κ2) is 7.02. The van der Waals surface area contributed by atoms with Gasteiger partial charge in [-0.2, -0.15) is 4.98 Å². The first kappa shape index (κ1) is 17.5. The van der Waals surface area contributed by atoms with E-state index < -0.39 is 11.5 Å². The third kappa shape index (κ3) is 3.24. The highest BCUT2D eigenvalue weighted by Gasteiger charge is 2.45. The van der Waals surface area contributed by atoms with E-state index in [9.17, 15) is 9.90 Å². The van der Waals surface area contributed by atoms with Crippen molar-refractivity contribution in [3.8, 4) is 0 Å². The minimum atomic E-state index is -0.424. The van der Waals surface area contributed by atoms with Crippen molar-refractivity contribution in [1.29, 1.82) is 0 Å². The van der Waals surface area contributed by atoms with E-state index in [1.807, 2.05) is 0 Å². The van der Waals surface area contributed by atoms with E-state index in [0.29, 0.717) is 13.0 Å². The van der Waals surface area contributed by atoms with Crippen molar-refractivity contribution < 1.29 is 9.90 Å². The fraction of sp³-hybridized carbons (Fsp3) is 0.737. The van der Waals surface area contributed by atoms with Crippen LogP contribution in [0, 0.1) is 5.41 Å². The summed E-state index contributed by atoms with van der Waals surface area (Å²) in [5.74, 6) is 1.94. The van der Waals surface area contributed by atoms with Crippen LogP contribution in [0.2, 0.25) is 0 Å². The van der Waals surface area contributed by atoms with Gasteiger partial charge in [-0.05, 0) is 38.5 Å². The average molecular weight is 359 g/mol. The van der Waals surface area contributed by atoms with Crippen molar-refractivity contribution in [2.24, 2.45) is 5.41 Å². The number of carbonyl (C=O) groups excluding carboxylic acids is 1. The minimum Gasteiger partial charge on any atom is -0.391 e. The first-order valence-electron chi connectivity index (χ1n) is 9.94. The lowest BCUT2D eigenvalue weighted by Crippen LogP contribution is -2.56. The molecule has 0 aliphatic carbocycles. The molecule has 142 valence electrons. The first-order chi connectivity index (χ1) is 12.6. The van der Waals surface area contributed by atoms with Gasteiger partial charge in [0, 0.05) is 44.5 Å². The van der Waals surface area contributed by atoms with Crippen LogP contribution in [0.4, 0.5) is 11.8 Å². The third-order valence-electron chi connectivity index (χ3n) is 6.16. The van der Waals surface area contributed by atoms with Crippen LogP contribution in [0.25, 0.3) is 0 Å². The third-order valence-corrected chi connectivity index (χ3v) is 6.16. The molecule has 7 nitrogen and oxygen atoms in total. The highest BCUT2D eigenvalue weighted by molar-refractivity contribution is 5.84.